The number of rotatable bonds is 6. The van der Waals surface area contributed by atoms with E-state index in [4.69, 9.17) is 9.15 Å². The van der Waals surface area contributed by atoms with E-state index in [9.17, 15) is 4.79 Å². The molecule has 5 heteroatoms. The molecule has 5 nitrogen and oxygen atoms in total. The van der Waals surface area contributed by atoms with Crippen molar-refractivity contribution in [3.63, 3.8) is 0 Å². The molecule has 0 amide bonds. The van der Waals surface area contributed by atoms with E-state index in [0.29, 0.717) is 12.2 Å². The average molecular weight is 417 g/mol. The molecule has 160 valence electrons. The summed E-state index contributed by atoms with van der Waals surface area (Å²) in [5, 5.41) is 2.34. The molecular formula is C26H28N2O3. The van der Waals surface area contributed by atoms with Crippen molar-refractivity contribution in [3.8, 4) is 5.75 Å². The van der Waals surface area contributed by atoms with Crippen LogP contribution < -0.4 is 10.4 Å². The monoisotopic (exact) mass is 416 g/mol. The molecule has 2 aromatic carbocycles. The van der Waals surface area contributed by atoms with E-state index in [0.717, 1.165) is 55.6 Å². The van der Waals surface area contributed by atoms with Crippen LogP contribution in [0.25, 0.3) is 21.9 Å². The van der Waals surface area contributed by atoms with Crippen molar-refractivity contribution < 1.29 is 9.15 Å². The second-order valence-electron chi connectivity index (χ2n) is 8.49. The van der Waals surface area contributed by atoms with Crippen molar-refractivity contribution in [2.24, 2.45) is 7.05 Å². The van der Waals surface area contributed by atoms with Crippen molar-refractivity contribution in [1.29, 1.82) is 0 Å². The summed E-state index contributed by atoms with van der Waals surface area (Å²) in [4.78, 5) is 14.2. The second kappa shape index (κ2) is 8.23. The highest BCUT2D eigenvalue weighted by atomic mass is 16.5. The van der Waals surface area contributed by atoms with Crippen molar-refractivity contribution in [2.45, 2.75) is 32.7 Å². The van der Waals surface area contributed by atoms with Crippen LogP contribution in [-0.2, 0) is 20.0 Å². The predicted octanol–water partition coefficient (Wildman–Crippen LogP) is 4.81. The van der Waals surface area contributed by atoms with E-state index < -0.39 is 0 Å². The van der Waals surface area contributed by atoms with E-state index in [1.165, 1.54) is 28.2 Å². The zero-order chi connectivity index (χ0) is 21.4. The lowest BCUT2D eigenvalue weighted by Crippen LogP contribution is -2.31. The summed E-state index contributed by atoms with van der Waals surface area (Å²) in [5.74, 6) is 0.750. The lowest BCUT2D eigenvalue weighted by Gasteiger charge is -2.27. The van der Waals surface area contributed by atoms with Crippen LogP contribution in [0.3, 0.4) is 0 Å². The number of nitrogens with zero attached hydrogens (tertiary/aromatic N) is 2. The van der Waals surface area contributed by atoms with Crippen LogP contribution in [0.1, 0.15) is 29.7 Å². The normalized spacial score (nSPS) is 14.3. The molecule has 0 unspecified atom stereocenters. The summed E-state index contributed by atoms with van der Waals surface area (Å²) in [7, 11) is 2.19. The molecular weight excluding hydrogens is 388 g/mol. The summed E-state index contributed by atoms with van der Waals surface area (Å²) < 4.78 is 13.6. The van der Waals surface area contributed by atoms with Crippen LogP contribution in [0.2, 0.25) is 0 Å². The smallest absolute Gasteiger partial charge is 0.336 e. The highest BCUT2D eigenvalue weighted by Gasteiger charge is 2.22. The molecule has 0 fully saturated rings. The molecule has 1 aliphatic heterocycles. The van der Waals surface area contributed by atoms with Gasteiger partial charge in [-0.15, -0.1) is 0 Å². The molecule has 1 aliphatic rings. The summed E-state index contributed by atoms with van der Waals surface area (Å²) in [5.41, 5.74) is 5.50. The third-order valence-corrected chi connectivity index (χ3v) is 6.45. The van der Waals surface area contributed by atoms with Gasteiger partial charge in [0, 0.05) is 60.7 Å². The Morgan fingerprint density at radius 1 is 1.06 bits per heavy atom. The highest BCUT2D eigenvalue weighted by Crippen LogP contribution is 2.30. The molecule has 0 aliphatic carbocycles. The fourth-order valence-corrected chi connectivity index (χ4v) is 4.80. The SMILES string of the molecule is Cc1cc(=O)oc2cc(OCCCCN3CCc4c(c5ccccc5n4C)C3)ccc12. The lowest BCUT2D eigenvalue weighted by atomic mass is 10.0. The zero-order valence-corrected chi connectivity index (χ0v) is 18.2. The van der Waals surface area contributed by atoms with Gasteiger partial charge in [-0.3, -0.25) is 4.90 Å². The molecule has 0 saturated heterocycles. The Morgan fingerprint density at radius 2 is 1.94 bits per heavy atom. The number of ether oxygens (including phenoxy) is 1. The number of aryl methyl sites for hydroxylation is 2. The van der Waals surface area contributed by atoms with Crippen molar-refractivity contribution in [2.75, 3.05) is 19.7 Å². The maximum absolute atomic E-state index is 11.6. The minimum absolute atomic E-state index is 0.321. The van der Waals surface area contributed by atoms with Gasteiger partial charge in [0.25, 0.3) is 0 Å². The number of para-hydroxylation sites is 1. The summed E-state index contributed by atoms with van der Waals surface area (Å²) in [6.07, 6.45) is 3.20. The first-order valence-corrected chi connectivity index (χ1v) is 11.0. The second-order valence-corrected chi connectivity index (χ2v) is 8.49. The van der Waals surface area contributed by atoms with Crippen LogP contribution in [0.4, 0.5) is 0 Å². The molecule has 2 aromatic heterocycles. The maximum Gasteiger partial charge on any atom is 0.336 e. The van der Waals surface area contributed by atoms with Gasteiger partial charge in [0.15, 0.2) is 0 Å². The first kappa shape index (κ1) is 19.9. The van der Waals surface area contributed by atoms with E-state index in [1.54, 1.807) is 0 Å². The van der Waals surface area contributed by atoms with Crippen molar-refractivity contribution in [3.05, 3.63) is 75.8 Å². The topological polar surface area (TPSA) is 47.6 Å². The number of hydrogen-bond donors (Lipinski definition) is 0. The van der Waals surface area contributed by atoms with Gasteiger partial charge in [-0.05, 0) is 55.6 Å². The Bertz CT molecular complexity index is 1300. The largest absolute Gasteiger partial charge is 0.493 e. The highest BCUT2D eigenvalue weighted by molar-refractivity contribution is 5.85. The third kappa shape index (κ3) is 3.86. The summed E-state index contributed by atoms with van der Waals surface area (Å²) >= 11 is 0. The van der Waals surface area contributed by atoms with Crippen molar-refractivity contribution in [1.82, 2.24) is 9.47 Å². The lowest BCUT2D eigenvalue weighted by molar-refractivity contribution is 0.234. The number of fused-ring (bicyclic) bond motifs is 4. The molecule has 0 N–H and O–H groups in total. The molecule has 0 saturated carbocycles. The van der Waals surface area contributed by atoms with Crippen LogP contribution in [0.5, 0.6) is 5.75 Å². The molecule has 3 heterocycles. The maximum atomic E-state index is 11.6. The Morgan fingerprint density at radius 3 is 2.84 bits per heavy atom. The van der Waals surface area contributed by atoms with E-state index in [1.807, 2.05) is 25.1 Å². The molecule has 5 rings (SSSR count). The fourth-order valence-electron chi connectivity index (χ4n) is 4.80. The van der Waals surface area contributed by atoms with Gasteiger partial charge < -0.3 is 13.7 Å². The Hall–Kier alpha value is -3.05. The number of hydrogen-bond acceptors (Lipinski definition) is 4. The quantitative estimate of drug-likeness (QED) is 0.334. The van der Waals surface area contributed by atoms with Gasteiger partial charge in [0.1, 0.15) is 11.3 Å². The number of unbranched alkanes of at least 4 members (excludes halogenated alkanes) is 1. The van der Waals surface area contributed by atoms with Gasteiger partial charge in [-0.1, -0.05) is 18.2 Å². The Balaban J connectivity index is 1.15. The summed E-state index contributed by atoms with van der Waals surface area (Å²) in [6.45, 7) is 5.80. The Labute approximate surface area is 181 Å². The van der Waals surface area contributed by atoms with E-state index >= 15 is 0 Å². The van der Waals surface area contributed by atoms with E-state index in [-0.39, 0.29) is 5.63 Å². The van der Waals surface area contributed by atoms with Crippen molar-refractivity contribution >= 4 is 21.9 Å². The minimum atomic E-state index is -0.321. The molecule has 0 bridgehead atoms. The van der Waals surface area contributed by atoms with Gasteiger partial charge in [-0.25, -0.2) is 4.79 Å². The van der Waals surface area contributed by atoms with E-state index in [2.05, 4.69) is 40.8 Å². The molecule has 0 atom stereocenters. The first-order valence-electron chi connectivity index (χ1n) is 11.0. The fraction of sp³-hybridized carbons (Fsp3) is 0.346. The standard InChI is InChI=1S/C26H28N2O3/c1-18-15-26(29)31-25-16-19(9-10-20(18)25)30-14-6-5-12-28-13-11-24-22(17-28)21-7-3-4-8-23(21)27(24)2/h3-4,7-10,15-16H,5-6,11-14,17H2,1-2H3. The third-order valence-electron chi connectivity index (χ3n) is 6.45. The van der Waals surface area contributed by atoms with Gasteiger partial charge in [-0.2, -0.15) is 0 Å². The molecule has 0 spiro atoms. The van der Waals surface area contributed by atoms with Crippen LogP contribution in [0.15, 0.2) is 57.7 Å². The van der Waals surface area contributed by atoms with Crippen LogP contribution >= 0.6 is 0 Å². The van der Waals surface area contributed by atoms with Gasteiger partial charge in [0.05, 0.1) is 6.61 Å². The molecule has 0 radical (unpaired) electrons. The number of aromatic nitrogens is 1. The van der Waals surface area contributed by atoms with Crippen LogP contribution in [0, 0.1) is 6.92 Å². The summed E-state index contributed by atoms with van der Waals surface area (Å²) in [6, 6.07) is 16.0. The van der Waals surface area contributed by atoms with Gasteiger partial charge >= 0.3 is 5.63 Å². The van der Waals surface area contributed by atoms with Crippen LogP contribution in [-0.4, -0.2) is 29.2 Å². The first-order chi connectivity index (χ1) is 15.1. The molecule has 31 heavy (non-hydrogen) atoms. The predicted molar refractivity (Wildman–Crippen MR) is 124 cm³/mol. The average Bonchev–Trinajstić information content (AvgIpc) is 3.05. The zero-order valence-electron chi connectivity index (χ0n) is 18.2. The Kier molecular flexibility index (Phi) is 5.28. The number of benzene rings is 2. The van der Waals surface area contributed by atoms with Gasteiger partial charge in [0.2, 0.25) is 0 Å². The minimum Gasteiger partial charge on any atom is -0.493 e. The molecule has 4 aromatic rings.